The Balaban J connectivity index is 1.55. The van der Waals surface area contributed by atoms with Crippen LogP contribution in [0.1, 0.15) is 44.6 Å². The van der Waals surface area contributed by atoms with E-state index in [-0.39, 0.29) is 5.88 Å². The Labute approximate surface area is 211 Å². The Morgan fingerprint density at radius 3 is 2.31 bits per heavy atom. The Morgan fingerprint density at radius 2 is 1.69 bits per heavy atom. The highest BCUT2D eigenvalue weighted by Crippen LogP contribution is 2.37. The summed E-state index contributed by atoms with van der Waals surface area (Å²) in [7, 11) is 3.59. The predicted molar refractivity (Wildman–Crippen MR) is 144 cm³/mol. The standard InChI is InChI=1S/C28H32BN3O4/c1-27(2)28(3,4)36-29(35-27)19-11-14-21-22(16-19)31-26(33)24(21)25(23-8-7-15-34-23)30-20-12-9-18(10-13-20)17-32(5)6/h7-16,31,33H,17H2,1-6H3. The first-order valence-corrected chi connectivity index (χ1v) is 12.1. The first-order valence-electron chi connectivity index (χ1n) is 12.1. The number of hydrogen-bond acceptors (Lipinski definition) is 6. The highest BCUT2D eigenvalue weighted by molar-refractivity contribution is 6.62. The number of nitrogens with one attached hydrogen (secondary N) is 1. The van der Waals surface area contributed by atoms with Gasteiger partial charge in [-0.05, 0) is 83.1 Å². The Kier molecular flexibility index (Phi) is 6.07. The highest BCUT2D eigenvalue weighted by atomic mass is 16.7. The van der Waals surface area contributed by atoms with Crippen LogP contribution in [0.2, 0.25) is 0 Å². The molecule has 4 aromatic rings. The summed E-state index contributed by atoms with van der Waals surface area (Å²) in [5.41, 5.74) is 3.87. The molecule has 1 aliphatic rings. The number of aromatic nitrogens is 1. The number of furan rings is 1. The monoisotopic (exact) mass is 485 g/mol. The van der Waals surface area contributed by atoms with Crippen LogP contribution in [0.15, 0.2) is 70.3 Å². The summed E-state index contributed by atoms with van der Waals surface area (Å²) in [4.78, 5) is 10.1. The van der Waals surface area contributed by atoms with Gasteiger partial charge < -0.3 is 28.7 Å². The van der Waals surface area contributed by atoms with Crippen LogP contribution in [0.3, 0.4) is 0 Å². The lowest BCUT2D eigenvalue weighted by atomic mass is 9.78. The molecule has 5 rings (SSSR count). The molecule has 1 fully saturated rings. The van der Waals surface area contributed by atoms with Gasteiger partial charge >= 0.3 is 7.12 Å². The van der Waals surface area contributed by atoms with E-state index in [2.05, 4.69) is 22.0 Å². The molecule has 186 valence electrons. The molecule has 0 atom stereocenters. The van der Waals surface area contributed by atoms with Crippen molar-refractivity contribution in [3.8, 4) is 5.88 Å². The number of rotatable bonds is 6. The van der Waals surface area contributed by atoms with Gasteiger partial charge in [-0.3, -0.25) is 0 Å². The van der Waals surface area contributed by atoms with Crippen LogP contribution < -0.4 is 5.46 Å². The third-order valence-electron chi connectivity index (χ3n) is 7.00. The van der Waals surface area contributed by atoms with Gasteiger partial charge in [0.2, 0.25) is 0 Å². The van der Waals surface area contributed by atoms with E-state index in [4.69, 9.17) is 18.7 Å². The molecule has 1 saturated heterocycles. The Bertz CT molecular complexity index is 1390. The summed E-state index contributed by atoms with van der Waals surface area (Å²) in [6.07, 6.45) is 1.60. The number of nitrogens with zero attached hydrogens (tertiary/aromatic N) is 2. The molecule has 0 bridgehead atoms. The predicted octanol–water partition coefficient (Wildman–Crippen LogP) is 5.00. The van der Waals surface area contributed by atoms with Crippen molar-refractivity contribution in [1.29, 1.82) is 0 Å². The minimum Gasteiger partial charge on any atom is -0.494 e. The van der Waals surface area contributed by atoms with Crippen molar-refractivity contribution in [2.24, 2.45) is 4.99 Å². The minimum absolute atomic E-state index is 0.0236. The summed E-state index contributed by atoms with van der Waals surface area (Å²) in [5.74, 6) is 0.592. The molecular weight excluding hydrogens is 453 g/mol. The van der Waals surface area contributed by atoms with Crippen molar-refractivity contribution in [2.45, 2.75) is 45.4 Å². The SMILES string of the molecule is CN(C)Cc1ccc(N=C(c2ccco2)c2c(O)[nH]c3cc(B4OC(C)(C)C(C)(C)O4)ccc23)cc1. The molecule has 0 aliphatic carbocycles. The normalized spacial score (nSPS) is 17.4. The van der Waals surface area contributed by atoms with Gasteiger partial charge in [0.25, 0.3) is 0 Å². The third kappa shape index (κ3) is 4.48. The van der Waals surface area contributed by atoms with Crippen LogP contribution >= 0.6 is 0 Å². The summed E-state index contributed by atoms with van der Waals surface area (Å²) in [6.45, 7) is 8.97. The maximum atomic E-state index is 11.0. The van der Waals surface area contributed by atoms with E-state index in [1.807, 2.05) is 84.3 Å². The lowest BCUT2D eigenvalue weighted by molar-refractivity contribution is 0.00578. The number of aromatic hydroxyl groups is 1. The molecule has 0 spiro atoms. The van der Waals surface area contributed by atoms with Crippen LogP contribution in [0, 0.1) is 0 Å². The fourth-order valence-electron chi connectivity index (χ4n) is 4.38. The van der Waals surface area contributed by atoms with Gasteiger partial charge in [-0.25, -0.2) is 4.99 Å². The maximum Gasteiger partial charge on any atom is 0.494 e. The second kappa shape index (κ2) is 8.96. The minimum atomic E-state index is -0.493. The van der Waals surface area contributed by atoms with Crippen molar-refractivity contribution in [2.75, 3.05) is 14.1 Å². The van der Waals surface area contributed by atoms with Crippen LogP contribution in [-0.4, -0.2) is 53.1 Å². The topological polar surface area (TPSA) is 83.2 Å². The van der Waals surface area contributed by atoms with Crippen LogP contribution in [0.25, 0.3) is 10.9 Å². The molecule has 0 radical (unpaired) electrons. The van der Waals surface area contributed by atoms with E-state index in [0.717, 1.165) is 28.6 Å². The van der Waals surface area contributed by atoms with E-state index >= 15 is 0 Å². The zero-order chi connectivity index (χ0) is 25.7. The third-order valence-corrected chi connectivity index (χ3v) is 7.00. The number of aromatic amines is 1. The molecule has 2 aromatic heterocycles. The number of H-pyrrole nitrogens is 1. The zero-order valence-corrected chi connectivity index (χ0v) is 21.6. The molecule has 0 amide bonds. The maximum absolute atomic E-state index is 11.0. The fourth-order valence-corrected chi connectivity index (χ4v) is 4.38. The van der Waals surface area contributed by atoms with Crippen molar-refractivity contribution < 1.29 is 18.8 Å². The number of hydrogen-bond donors (Lipinski definition) is 2. The molecule has 3 heterocycles. The number of benzene rings is 2. The van der Waals surface area contributed by atoms with E-state index in [1.54, 1.807) is 6.26 Å². The molecule has 0 saturated carbocycles. The van der Waals surface area contributed by atoms with Crippen molar-refractivity contribution in [3.63, 3.8) is 0 Å². The lowest BCUT2D eigenvalue weighted by Crippen LogP contribution is -2.41. The van der Waals surface area contributed by atoms with E-state index in [0.29, 0.717) is 17.0 Å². The number of aliphatic imine (C=N–C) groups is 1. The van der Waals surface area contributed by atoms with Crippen LogP contribution in [0.4, 0.5) is 5.69 Å². The summed E-state index contributed by atoms with van der Waals surface area (Å²) in [5, 5.41) is 11.8. The Morgan fingerprint density at radius 1 is 1.00 bits per heavy atom. The van der Waals surface area contributed by atoms with Gasteiger partial charge in [0, 0.05) is 17.4 Å². The van der Waals surface area contributed by atoms with Gasteiger partial charge in [0.05, 0.1) is 28.7 Å². The van der Waals surface area contributed by atoms with E-state index in [9.17, 15) is 5.11 Å². The first kappa shape index (κ1) is 24.4. The quantitative estimate of drug-likeness (QED) is 0.297. The molecule has 2 aromatic carbocycles. The fraction of sp³-hybridized carbons (Fsp3) is 0.321. The number of fused-ring (bicyclic) bond motifs is 1. The lowest BCUT2D eigenvalue weighted by Gasteiger charge is -2.32. The molecular formula is C28H32BN3O4. The van der Waals surface area contributed by atoms with Gasteiger partial charge in [-0.15, -0.1) is 0 Å². The molecule has 1 aliphatic heterocycles. The summed E-state index contributed by atoms with van der Waals surface area (Å²) < 4.78 is 18.1. The average molecular weight is 485 g/mol. The summed E-state index contributed by atoms with van der Waals surface area (Å²) >= 11 is 0. The summed E-state index contributed by atoms with van der Waals surface area (Å²) in [6, 6.07) is 17.6. The largest absolute Gasteiger partial charge is 0.494 e. The van der Waals surface area contributed by atoms with Gasteiger partial charge in [-0.1, -0.05) is 24.3 Å². The molecule has 0 unspecified atom stereocenters. The highest BCUT2D eigenvalue weighted by Gasteiger charge is 2.51. The zero-order valence-electron chi connectivity index (χ0n) is 21.6. The average Bonchev–Trinajstić information content (AvgIpc) is 3.49. The molecule has 8 heteroatoms. The van der Waals surface area contributed by atoms with Gasteiger partial charge in [0.15, 0.2) is 11.6 Å². The van der Waals surface area contributed by atoms with E-state index < -0.39 is 18.3 Å². The van der Waals surface area contributed by atoms with Gasteiger partial charge in [-0.2, -0.15) is 0 Å². The Hall–Kier alpha value is -3.33. The molecule has 7 nitrogen and oxygen atoms in total. The first-order chi connectivity index (χ1) is 17.0. The van der Waals surface area contributed by atoms with Crippen LogP contribution in [-0.2, 0) is 15.9 Å². The van der Waals surface area contributed by atoms with Gasteiger partial charge in [0.1, 0.15) is 5.71 Å². The second-order valence-electron chi connectivity index (χ2n) is 10.6. The van der Waals surface area contributed by atoms with Crippen LogP contribution in [0.5, 0.6) is 5.88 Å². The van der Waals surface area contributed by atoms with E-state index in [1.165, 1.54) is 5.56 Å². The van der Waals surface area contributed by atoms with Crippen molar-refractivity contribution in [3.05, 3.63) is 77.7 Å². The molecule has 36 heavy (non-hydrogen) atoms. The smallest absolute Gasteiger partial charge is 0.494 e. The van der Waals surface area contributed by atoms with Crippen molar-refractivity contribution in [1.82, 2.24) is 9.88 Å². The van der Waals surface area contributed by atoms with Crippen molar-refractivity contribution >= 4 is 34.9 Å². The second-order valence-corrected chi connectivity index (χ2v) is 10.6. The molecule has 2 N–H and O–H groups in total.